The Morgan fingerprint density at radius 2 is 2.21 bits per heavy atom. The molecule has 0 radical (unpaired) electrons. The van der Waals surface area contributed by atoms with Gasteiger partial charge in [0, 0.05) is 18.5 Å². The van der Waals surface area contributed by atoms with E-state index in [1.165, 1.54) is 24.1 Å². The molecule has 1 atom stereocenters. The van der Waals surface area contributed by atoms with Crippen molar-refractivity contribution in [1.82, 2.24) is 15.3 Å². The van der Waals surface area contributed by atoms with Gasteiger partial charge in [-0.05, 0) is 57.2 Å². The van der Waals surface area contributed by atoms with Crippen molar-refractivity contribution >= 4 is 0 Å². The normalized spacial score (nSPS) is 18.4. The molecule has 0 spiro atoms. The first kappa shape index (κ1) is 14.4. The van der Waals surface area contributed by atoms with Crippen LogP contribution >= 0.6 is 0 Å². The van der Waals surface area contributed by atoms with Gasteiger partial charge in [-0.25, -0.2) is 9.97 Å². The van der Waals surface area contributed by atoms with Crippen LogP contribution in [0.1, 0.15) is 42.5 Å². The number of nitrogens with one attached hydrogen (secondary N) is 1. The van der Waals surface area contributed by atoms with Gasteiger partial charge in [-0.2, -0.15) is 0 Å². The van der Waals surface area contributed by atoms with Crippen molar-refractivity contribution < 1.29 is 4.74 Å². The second-order valence-corrected chi connectivity index (χ2v) is 5.40. The Kier molecular flexibility index (Phi) is 5.28. The lowest BCUT2D eigenvalue weighted by Gasteiger charge is -2.25. The molecule has 2 rings (SSSR count). The number of nitrogens with zero attached hydrogens (tertiary/aromatic N) is 2. The summed E-state index contributed by atoms with van der Waals surface area (Å²) in [5.41, 5.74) is 3.75. The van der Waals surface area contributed by atoms with Crippen molar-refractivity contribution in [3.05, 3.63) is 22.8 Å². The molecule has 4 nitrogen and oxygen atoms in total. The predicted octanol–water partition coefficient (Wildman–Crippen LogP) is 2.04. The molecule has 1 N–H and O–H groups in total. The number of hydrogen-bond donors (Lipinski definition) is 1. The van der Waals surface area contributed by atoms with E-state index in [9.17, 15) is 0 Å². The number of ether oxygens (including phenoxy) is 1. The quantitative estimate of drug-likeness (QED) is 0.798. The molecule has 1 heterocycles. The van der Waals surface area contributed by atoms with E-state index >= 15 is 0 Å². The number of aromatic nitrogens is 2. The Bertz CT molecular complexity index is 420. The number of hydrogen-bond acceptors (Lipinski definition) is 4. The SMILES string of the molecule is CCCNCC1CCc2nc(COC)nc(C)c2C1. The van der Waals surface area contributed by atoms with Gasteiger partial charge >= 0.3 is 0 Å². The van der Waals surface area contributed by atoms with E-state index in [-0.39, 0.29) is 0 Å². The maximum Gasteiger partial charge on any atom is 0.154 e. The third kappa shape index (κ3) is 3.74. The molecule has 0 aliphatic heterocycles. The lowest BCUT2D eigenvalue weighted by atomic mass is 9.85. The van der Waals surface area contributed by atoms with Crippen LogP contribution in [0.5, 0.6) is 0 Å². The smallest absolute Gasteiger partial charge is 0.154 e. The summed E-state index contributed by atoms with van der Waals surface area (Å²) in [5.74, 6) is 1.55. The van der Waals surface area contributed by atoms with Gasteiger partial charge in [-0.1, -0.05) is 6.92 Å². The Morgan fingerprint density at radius 3 is 2.95 bits per heavy atom. The highest BCUT2D eigenvalue weighted by atomic mass is 16.5. The molecule has 4 heteroatoms. The molecule has 0 bridgehead atoms. The standard InChI is InChI=1S/C15H25N3O/c1-4-7-16-9-12-5-6-14-13(8-12)11(2)17-15(18-14)10-19-3/h12,16H,4-10H2,1-3H3. The largest absolute Gasteiger partial charge is 0.377 e. The molecule has 106 valence electrons. The van der Waals surface area contributed by atoms with Gasteiger partial charge < -0.3 is 10.1 Å². The highest BCUT2D eigenvalue weighted by Gasteiger charge is 2.22. The average Bonchev–Trinajstić information content (AvgIpc) is 2.40. The van der Waals surface area contributed by atoms with Crippen LogP contribution < -0.4 is 5.32 Å². The minimum absolute atomic E-state index is 0.510. The van der Waals surface area contributed by atoms with Gasteiger partial charge in [0.05, 0.1) is 0 Å². The zero-order chi connectivity index (χ0) is 13.7. The molecule has 19 heavy (non-hydrogen) atoms. The lowest BCUT2D eigenvalue weighted by Crippen LogP contribution is -2.29. The molecule has 1 aliphatic rings. The Labute approximate surface area is 116 Å². The molecule has 1 aromatic heterocycles. The van der Waals surface area contributed by atoms with E-state index < -0.39 is 0 Å². The summed E-state index contributed by atoms with van der Waals surface area (Å²) in [4.78, 5) is 9.19. The molecule has 0 aromatic carbocycles. The van der Waals surface area contributed by atoms with E-state index in [4.69, 9.17) is 4.74 Å². The second-order valence-electron chi connectivity index (χ2n) is 5.40. The van der Waals surface area contributed by atoms with Crippen LogP contribution in [0.25, 0.3) is 0 Å². The molecule has 1 aliphatic carbocycles. The zero-order valence-electron chi connectivity index (χ0n) is 12.3. The van der Waals surface area contributed by atoms with Crippen LogP contribution in [0.2, 0.25) is 0 Å². The number of rotatable bonds is 6. The summed E-state index contributed by atoms with van der Waals surface area (Å²) in [6.45, 7) is 7.05. The predicted molar refractivity (Wildman–Crippen MR) is 76.2 cm³/mol. The fourth-order valence-electron chi connectivity index (χ4n) is 2.77. The van der Waals surface area contributed by atoms with Crippen molar-refractivity contribution in [2.45, 2.75) is 46.1 Å². The van der Waals surface area contributed by atoms with Gasteiger partial charge in [-0.15, -0.1) is 0 Å². The number of fused-ring (bicyclic) bond motifs is 1. The monoisotopic (exact) mass is 263 g/mol. The topological polar surface area (TPSA) is 47.0 Å². The van der Waals surface area contributed by atoms with Gasteiger partial charge in [0.2, 0.25) is 0 Å². The Balaban J connectivity index is 2.04. The van der Waals surface area contributed by atoms with Crippen LogP contribution in [0.15, 0.2) is 0 Å². The van der Waals surface area contributed by atoms with E-state index in [1.807, 2.05) is 0 Å². The van der Waals surface area contributed by atoms with Crippen LogP contribution in [-0.4, -0.2) is 30.2 Å². The summed E-state index contributed by atoms with van der Waals surface area (Å²) in [6.07, 6.45) is 4.62. The molecular weight excluding hydrogens is 238 g/mol. The highest BCUT2D eigenvalue weighted by molar-refractivity contribution is 5.28. The van der Waals surface area contributed by atoms with Gasteiger partial charge in [-0.3, -0.25) is 0 Å². The van der Waals surface area contributed by atoms with Crippen LogP contribution in [0.3, 0.4) is 0 Å². The zero-order valence-corrected chi connectivity index (χ0v) is 12.3. The molecule has 0 saturated heterocycles. The molecule has 1 aromatic rings. The molecule has 0 fully saturated rings. The van der Waals surface area contributed by atoms with Crippen molar-refractivity contribution in [1.29, 1.82) is 0 Å². The van der Waals surface area contributed by atoms with Gasteiger partial charge in [0.25, 0.3) is 0 Å². The fourth-order valence-corrected chi connectivity index (χ4v) is 2.77. The van der Waals surface area contributed by atoms with Crippen molar-refractivity contribution in [2.24, 2.45) is 5.92 Å². The maximum atomic E-state index is 5.13. The first-order chi connectivity index (χ1) is 9.24. The summed E-state index contributed by atoms with van der Waals surface area (Å²) in [5, 5.41) is 3.53. The third-order valence-corrected chi connectivity index (χ3v) is 3.76. The van der Waals surface area contributed by atoms with Crippen molar-refractivity contribution in [3.8, 4) is 0 Å². The number of aryl methyl sites for hydroxylation is 2. The minimum Gasteiger partial charge on any atom is -0.377 e. The van der Waals surface area contributed by atoms with Crippen LogP contribution in [0, 0.1) is 12.8 Å². The molecule has 0 amide bonds. The molecule has 1 unspecified atom stereocenters. The Morgan fingerprint density at radius 1 is 1.37 bits per heavy atom. The lowest BCUT2D eigenvalue weighted by molar-refractivity contribution is 0.177. The van der Waals surface area contributed by atoms with E-state index in [1.54, 1.807) is 7.11 Å². The maximum absolute atomic E-state index is 5.13. The second kappa shape index (κ2) is 6.96. The summed E-state index contributed by atoms with van der Waals surface area (Å²) >= 11 is 0. The van der Waals surface area contributed by atoms with Crippen LogP contribution in [-0.2, 0) is 24.2 Å². The van der Waals surface area contributed by atoms with E-state index in [2.05, 4.69) is 29.1 Å². The highest BCUT2D eigenvalue weighted by Crippen LogP contribution is 2.25. The van der Waals surface area contributed by atoms with Crippen molar-refractivity contribution in [2.75, 3.05) is 20.2 Å². The summed E-state index contributed by atoms with van der Waals surface area (Å²) in [6, 6.07) is 0. The summed E-state index contributed by atoms with van der Waals surface area (Å²) in [7, 11) is 1.69. The van der Waals surface area contributed by atoms with E-state index in [0.29, 0.717) is 6.61 Å². The van der Waals surface area contributed by atoms with Gasteiger partial charge in [0.1, 0.15) is 6.61 Å². The first-order valence-corrected chi connectivity index (χ1v) is 7.29. The van der Waals surface area contributed by atoms with Crippen LogP contribution in [0.4, 0.5) is 0 Å². The Hall–Kier alpha value is -1.00. The van der Waals surface area contributed by atoms with Crippen molar-refractivity contribution in [3.63, 3.8) is 0 Å². The molecular formula is C15H25N3O. The van der Waals surface area contributed by atoms with E-state index in [0.717, 1.165) is 43.4 Å². The fraction of sp³-hybridized carbons (Fsp3) is 0.733. The minimum atomic E-state index is 0.510. The number of methoxy groups -OCH3 is 1. The average molecular weight is 263 g/mol. The summed E-state index contributed by atoms with van der Waals surface area (Å²) < 4.78 is 5.13. The van der Waals surface area contributed by atoms with Gasteiger partial charge in [0.15, 0.2) is 5.82 Å². The first-order valence-electron chi connectivity index (χ1n) is 7.29. The molecule has 0 saturated carbocycles. The third-order valence-electron chi connectivity index (χ3n) is 3.76.